The van der Waals surface area contributed by atoms with E-state index in [4.69, 9.17) is 9.47 Å². The van der Waals surface area contributed by atoms with E-state index < -0.39 is 12.1 Å². The summed E-state index contributed by atoms with van der Waals surface area (Å²) >= 11 is 0. The molecule has 0 bridgehead atoms. The minimum atomic E-state index is -0.590. The summed E-state index contributed by atoms with van der Waals surface area (Å²) in [6.07, 6.45) is -0.420. The van der Waals surface area contributed by atoms with E-state index in [2.05, 4.69) is 5.32 Å². The smallest absolute Gasteiger partial charge is 0.326 e. The highest BCUT2D eigenvalue weighted by Crippen LogP contribution is 2.24. The third-order valence-corrected chi connectivity index (χ3v) is 3.95. The molecule has 4 heteroatoms. The fourth-order valence-electron chi connectivity index (χ4n) is 2.73. The van der Waals surface area contributed by atoms with Gasteiger partial charge in [-0.1, -0.05) is 60.7 Å². The Bertz CT molecular complexity index is 615. The molecule has 0 aromatic heterocycles. The van der Waals surface area contributed by atoms with Gasteiger partial charge in [0.1, 0.15) is 12.1 Å². The van der Waals surface area contributed by atoms with Gasteiger partial charge < -0.3 is 9.47 Å². The van der Waals surface area contributed by atoms with Crippen LogP contribution >= 0.6 is 0 Å². The van der Waals surface area contributed by atoms with Crippen molar-refractivity contribution in [2.45, 2.75) is 32.0 Å². The molecule has 0 aliphatic heterocycles. The Kier molecular flexibility index (Phi) is 6.97. The molecule has 0 fully saturated rings. The van der Waals surface area contributed by atoms with Crippen molar-refractivity contribution < 1.29 is 14.3 Å². The molecular weight excluding hydrogens is 302 g/mol. The molecule has 1 N–H and O–H groups in total. The van der Waals surface area contributed by atoms with Crippen molar-refractivity contribution in [2.24, 2.45) is 0 Å². The molecule has 0 amide bonds. The molecule has 2 rings (SSSR count). The van der Waals surface area contributed by atoms with Crippen molar-refractivity contribution in [1.29, 1.82) is 0 Å². The molecule has 3 atom stereocenters. The largest absolute Gasteiger partial charge is 0.465 e. The van der Waals surface area contributed by atoms with Crippen molar-refractivity contribution in [1.82, 2.24) is 5.32 Å². The van der Waals surface area contributed by atoms with Gasteiger partial charge in [0, 0.05) is 13.2 Å². The first-order valence-corrected chi connectivity index (χ1v) is 8.22. The molecule has 0 radical (unpaired) electrons. The first kappa shape index (κ1) is 18.2. The maximum absolute atomic E-state index is 12.5. The van der Waals surface area contributed by atoms with Gasteiger partial charge in [-0.05, 0) is 25.0 Å². The number of hydrogen-bond acceptors (Lipinski definition) is 4. The van der Waals surface area contributed by atoms with Crippen molar-refractivity contribution >= 4 is 5.97 Å². The molecule has 0 aliphatic carbocycles. The second kappa shape index (κ2) is 9.21. The average Bonchev–Trinajstić information content (AvgIpc) is 2.63. The van der Waals surface area contributed by atoms with Gasteiger partial charge in [-0.2, -0.15) is 0 Å². The fraction of sp³-hybridized carbons (Fsp3) is 0.350. The summed E-state index contributed by atoms with van der Waals surface area (Å²) in [6.45, 7) is 4.17. The average molecular weight is 327 g/mol. The third kappa shape index (κ3) is 4.66. The lowest BCUT2D eigenvalue weighted by molar-refractivity contribution is -0.150. The number of methoxy groups -OCH3 is 1. The van der Waals surface area contributed by atoms with E-state index in [0.717, 1.165) is 11.1 Å². The summed E-state index contributed by atoms with van der Waals surface area (Å²) in [4.78, 5) is 12.5. The van der Waals surface area contributed by atoms with Gasteiger partial charge in [0.2, 0.25) is 0 Å². The van der Waals surface area contributed by atoms with Crippen LogP contribution in [0.5, 0.6) is 0 Å². The Balaban J connectivity index is 2.25. The first-order valence-electron chi connectivity index (χ1n) is 8.22. The summed E-state index contributed by atoms with van der Waals surface area (Å²) in [5.41, 5.74) is 2.04. The predicted molar refractivity (Wildman–Crippen MR) is 94.6 cm³/mol. The van der Waals surface area contributed by atoms with Gasteiger partial charge in [0.25, 0.3) is 0 Å². The van der Waals surface area contributed by atoms with E-state index in [-0.39, 0.29) is 12.0 Å². The zero-order valence-electron chi connectivity index (χ0n) is 14.4. The van der Waals surface area contributed by atoms with Gasteiger partial charge >= 0.3 is 5.97 Å². The highest BCUT2D eigenvalue weighted by atomic mass is 16.5. The SMILES string of the molecule is CCOC(=O)[C@@H](NC(C)c1ccccc1)[C@@H](OC)c1ccccc1. The predicted octanol–water partition coefficient (Wildman–Crippen LogP) is 3.66. The number of benzene rings is 2. The van der Waals surface area contributed by atoms with Crippen LogP contribution in [-0.2, 0) is 14.3 Å². The fourth-order valence-corrected chi connectivity index (χ4v) is 2.73. The van der Waals surface area contributed by atoms with Crippen LogP contribution in [0, 0.1) is 0 Å². The Morgan fingerprint density at radius 1 is 1.00 bits per heavy atom. The maximum atomic E-state index is 12.5. The van der Waals surface area contributed by atoms with Crippen LogP contribution in [-0.4, -0.2) is 25.7 Å². The van der Waals surface area contributed by atoms with Crippen molar-refractivity contribution in [3.05, 3.63) is 71.8 Å². The second-order valence-electron chi connectivity index (χ2n) is 5.60. The van der Waals surface area contributed by atoms with E-state index in [0.29, 0.717) is 6.61 Å². The van der Waals surface area contributed by atoms with Gasteiger partial charge in [-0.3, -0.25) is 10.1 Å². The van der Waals surface area contributed by atoms with Crippen LogP contribution in [0.3, 0.4) is 0 Å². The second-order valence-corrected chi connectivity index (χ2v) is 5.60. The Labute approximate surface area is 143 Å². The monoisotopic (exact) mass is 327 g/mol. The summed E-state index contributed by atoms with van der Waals surface area (Å²) in [5.74, 6) is -0.309. The number of carbonyl (C=O) groups excluding carboxylic acids is 1. The molecule has 24 heavy (non-hydrogen) atoms. The standard InChI is InChI=1S/C20H25NO3/c1-4-24-20(22)18(19(23-3)17-13-9-6-10-14-17)21-15(2)16-11-7-5-8-12-16/h5-15,18-19,21H,4H2,1-3H3/t15?,18-,19-/m0/s1. The lowest BCUT2D eigenvalue weighted by atomic mass is 9.99. The van der Waals surface area contributed by atoms with Crippen LogP contribution in [0.1, 0.15) is 37.1 Å². The minimum Gasteiger partial charge on any atom is -0.465 e. The van der Waals surface area contributed by atoms with E-state index in [1.807, 2.05) is 67.6 Å². The first-order chi connectivity index (χ1) is 11.7. The zero-order valence-corrected chi connectivity index (χ0v) is 14.4. The number of rotatable bonds is 8. The molecule has 2 aromatic carbocycles. The number of ether oxygens (including phenoxy) is 2. The van der Waals surface area contributed by atoms with Gasteiger partial charge in [0.15, 0.2) is 0 Å². The lowest BCUT2D eigenvalue weighted by Crippen LogP contribution is -2.44. The third-order valence-electron chi connectivity index (χ3n) is 3.95. The number of carbonyl (C=O) groups is 1. The molecule has 0 aliphatic rings. The van der Waals surface area contributed by atoms with Crippen LogP contribution in [0.25, 0.3) is 0 Å². The van der Waals surface area contributed by atoms with Gasteiger partial charge in [-0.15, -0.1) is 0 Å². The molecule has 0 heterocycles. The van der Waals surface area contributed by atoms with E-state index >= 15 is 0 Å². The lowest BCUT2D eigenvalue weighted by Gasteiger charge is -2.28. The molecule has 0 saturated carbocycles. The highest BCUT2D eigenvalue weighted by Gasteiger charge is 2.32. The van der Waals surface area contributed by atoms with Crippen LogP contribution in [0.15, 0.2) is 60.7 Å². The molecule has 0 spiro atoms. The Morgan fingerprint density at radius 2 is 1.54 bits per heavy atom. The van der Waals surface area contributed by atoms with Crippen molar-refractivity contribution in [3.63, 3.8) is 0 Å². The number of nitrogens with one attached hydrogen (secondary N) is 1. The van der Waals surface area contributed by atoms with E-state index in [1.165, 1.54) is 0 Å². The number of hydrogen-bond donors (Lipinski definition) is 1. The van der Waals surface area contributed by atoms with Crippen LogP contribution in [0.4, 0.5) is 0 Å². The van der Waals surface area contributed by atoms with E-state index in [1.54, 1.807) is 14.0 Å². The van der Waals surface area contributed by atoms with Crippen LogP contribution in [0.2, 0.25) is 0 Å². The number of esters is 1. The molecule has 2 aromatic rings. The zero-order chi connectivity index (χ0) is 17.4. The van der Waals surface area contributed by atoms with Crippen LogP contribution < -0.4 is 5.32 Å². The highest BCUT2D eigenvalue weighted by molar-refractivity contribution is 5.77. The van der Waals surface area contributed by atoms with Gasteiger partial charge in [-0.25, -0.2) is 0 Å². The summed E-state index contributed by atoms with van der Waals surface area (Å²) in [6, 6.07) is 19.1. The maximum Gasteiger partial charge on any atom is 0.326 e. The van der Waals surface area contributed by atoms with Gasteiger partial charge in [0.05, 0.1) is 6.61 Å². The molecule has 128 valence electrons. The minimum absolute atomic E-state index is 0.0121. The van der Waals surface area contributed by atoms with Crippen molar-refractivity contribution in [3.8, 4) is 0 Å². The molecule has 1 unspecified atom stereocenters. The normalized spacial score (nSPS) is 14.6. The molecule has 4 nitrogen and oxygen atoms in total. The Hall–Kier alpha value is -2.17. The van der Waals surface area contributed by atoms with Crippen molar-refractivity contribution in [2.75, 3.05) is 13.7 Å². The summed E-state index contributed by atoms with van der Waals surface area (Å²) in [5, 5.41) is 3.37. The quantitative estimate of drug-likeness (QED) is 0.752. The molecule has 0 saturated heterocycles. The Morgan fingerprint density at radius 3 is 2.04 bits per heavy atom. The molecular formula is C20H25NO3. The van der Waals surface area contributed by atoms with E-state index in [9.17, 15) is 4.79 Å². The topological polar surface area (TPSA) is 47.6 Å². The summed E-state index contributed by atoms with van der Waals surface area (Å²) in [7, 11) is 1.61. The summed E-state index contributed by atoms with van der Waals surface area (Å²) < 4.78 is 10.9.